The molecule has 1 aliphatic rings. The first-order valence-corrected chi connectivity index (χ1v) is 9.91. The van der Waals surface area contributed by atoms with E-state index in [1.54, 1.807) is 0 Å². The lowest BCUT2D eigenvalue weighted by Gasteiger charge is -2.24. The fraction of sp³-hybridized carbons (Fsp3) is 0.478. The van der Waals surface area contributed by atoms with Crippen molar-refractivity contribution < 1.29 is 4.74 Å². The standard InChI is InChI=1S/C23H30NO/c1-3-4-5-6-7-8-9-13-18(2)19-14-12-17-22-23(19)24-20-15-10-11-16-21(20)25-22/h10-12,14-18H,3-9,13H2,1-2H3. The van der Waals surface area contributed by atoms with Crippen LogP contribution in [0.4, 0.5) is 11.4 Å². The van der Waals surface area contributed by atoms with Crippen LogP contribution in [0.1, 0.15) is 76.7 Å². The van der Waals surface area contributed by atoms with Gasteiger partial charge in [0.05, 0.1) is 0 Å². The van der Waals surface area contributed by atoms with E-state index in [1.807, 2.05) is 30.3 Å². The Morgan fingerprint density at radius 3 is 2.40 bits per heavy atom. The molecule has 2 nitrogen and oxygen atoms in total. The summed E-state index contributed by atoms with van der Waals surface area (Å²) in [4.78, 5) is 0. The lowest BCUT2D eigenvalue weighted by Crippen LogP contribution is -2.06. The van der Waals surface area contributed by atoms with Crippen molar-refractivity contribution in [2.45, 2.75) is 71.1 Å². The van der Waals surface area contributed by atoms with Crippen molar-refractivity contribution in [2.24, 2.45) is 0 Å². The molecule has 3 rings (SSSR count). The average molecular weight is 336 g/mol. The average Bonchev–Trinajstić information content (AvgIpc) is 2.65. The van der Waals surface area contributed by atoms with Gasteiger partial charge in [0.2, 0.25) is 0 Å². The highest BCUT2D eigenvalue weighted by molar-refractivity contribution is 5.70. The molecule has 0 fully saturated rings. The van der Waals surface area contributed by atoms with E-state index in [-0.39, 0.29) is 0 Å². The predicted octanol–water partition coefficient (Wildman–Crippen LogP) is 7.60. The highest BCUT2D eigenvalue weighted by atomic mass is 16.5. The Kier molecular flexibility index (Phi) is 6.38. The number of nitrogens with zero attached hydrogens (tertiary/aromatic N) is 1. The first-order valence-electron chi connectivity index (χ1n) is 9.91. The van der Waals surface area contributed by atoms with Crippen LogP contribution < -0.4 is 10.1 Å². The summed E-state index contributed by atoms with van der Waals surface area (Å²) in [5.41, 5.74) is 3.28. The summed E-state index contributed by atoms with van der Waals surface area (Å²) >= 11 is 0. The Labute approximate surface area is 152 Å². The van der Waals surface area contributed by atoms with Crippen LogP contribution >= 0.6 is 0 Å². The van der Waals surface area contributed by atoms with Crippen molar-refractivity contribution in [2.75, 3.05) is 0 Å². The Bertz CT molecular complexity index is 680. The zero-order valence-corrected chi connectivity index (χ0v) is 15.6. The zero-order valence-electron chi connectivity index (χ0n) is 15.6. The summed E-state index contributed by atoms with van der Waals surface area (Å²) in [5.74, 6) is 2.26. The van der Waals surface area contributed by atoms with E-state index in [9.17, 15) is 0 Å². The molecule has 0 saturated heterocycles. The lowest BCUT2D eigenvalue weighted by atomic mass is 9.92. The van der Waals surface area contributed by atoms with Gasteiger partial charge >= 0.3 is 0 Å². The van der Waals surface area contributed by atoms with Gasteiger partial charge in [0.25, 0.3) is 0 Å². The second-order valence-corrected chi connectivity index (χ2v) is 7.19. The van der Waals surface area contributed by atoms with E-state index in [2.05, 4.69) is 26.0 Å². The Morgan fingerprint density at radius 1 is 0.840 bits per heavy atom. The third kappa shape index (κ3) is 4.56. The summed E-state index contributed by atoms with van der Waals surface area (Å²) < 4.78 is 6.06. The van der Waals surface area contributed by atoms with Gasteiger partial charge in [0, 0.05) is 0 Å². The van der Waals surface area contributed by atoms with Gasteiger partial charge in [-0.15, -0.1) is 0 Å². The monoisotopic (exact) mass is 336 g/mol. The molecule has 0 bridgehead atoms. The van der Waals surface area contributed by atoms with Gasteiger partial charge in [0.15, 0.2) is 11.5 Å². The van der Waals surface area contributed by atoms with Crippen molar-refractivity contribution in [3.05, 3.63) is 48.0 Å². The largest absolute Gasteiger partial charge is 0.453 e. The SMILES string of the molecule is CCCCCCCCCC(C)c1cccc2c1[N]c1ccccc1O2. The molecule has 1 unspecified atom stereocenters. The molecular weight excluding hydrogens is 306 g/mol. The first kappa shape index (κ1) is 17.8. The predicted molar refractivity (Wildman–Crippen MR) is 105 cm³/mol. The number of para-hydroxylation sites is 3. The Balaban J connectivity index is 1.57. The minimum absolute atomic E-state index is 0.517. The van der Waals surface area contributed by atoms with Gasteiger partial charge in [-0.25, -0.2) is 5.32 Å². The van der Waals surface area contributed by atoms with Crippen molar-refractivity contribution >= 4 is 11.4 Å². The number of fused-ring (bicyclic) bond motifs is 2. The smallest absolute Gasteiger partial charge is 0.153 e. The molecule has 1 radical (unpaired) electrons. The summed E-state index contributed by atoms with van der Waals surface area (Å²) in [6, 6.07) is 14.4. The molecule has 0 amide bonds. The molecule has 1 heterocycles. The molecule has 0 N–H and O–H groups in total. The van der Waals surface area contributed by atoms with Gasteiger partial charge in [-0.3, -0.25) is 0 Å². The topological polar surface area (TPSA) is 23.3 Å². The molecule has 25 heavy (non-hydrogen) atoms. The zero-order chi connectivity index (χ0) is 17.5. The van der Waals surface area contributed by atoms with Crippen LogP contribution in [0.15, 0.2) is 42.5 Å². The minimum atomic E-state index is 0.517. The highest BCUT2D eigenvalue weighted by Crippen LogP contribution is 2.45. The third-order valence-electron chi connectivity index (χ3n) is 5.12. The highest BCUT2D eigenvalue weighted by Gasteiger charge is 2.22. The van der Waals surface area contributed by atoms with Gasteiger partial charge in [-0.1, -0.05) is 83.1 Å². The number of hydrogen-bond donors (Lipinski definition) is 0. The maximum Gasteiger partial charge on any atom is 0.153 e. The summed E-state index contributed by atoms with van der Waals surface area (Å²) in [7, 11) is 0. The molecule has 0 aromatic heterocycles. The molecule has 2 heteroatoms. The van der Waals surface area contributed by atoms with Gasteiger partial charge in [-0.2, -0.15) is 0 Å². The fourth-order valence-electron chi connectivity index (χ4n) is 3.58. The maximum atomic E-state index is 6.06. The van der Waals surface area contributed by atoms with E-state index in [4.69, 9.17) is 10.1 Å². The number of unbranched alkanes of at least 4 members (excludes halogenated alkanes) is 6. The number of rotatable bonds is 9. The normalized spacial score (nSPS) is 13.4. The summed E-state index contributed by atoms with van der Waals surface area (Å²) in [6.45, 7) is 4.60. The number of hydrogen-bond acceptors (Lipinski definition) is 1. The van der Waals surface area contributed by atoms with E-state index < -0.39 is 0 Å². The molecule has 0 spiro atoms. The molecule has 1 atom stereocenters. The molecule has 2 aromatic rings. The summed E-state index contributed by atoms with van der Waals surface area (Å²) in [5, 5.41) is 4.88. The fourth-order valence-corrected chi connectivity index (χ4v) is 3.58. The Hall–Kier alpha value is -1.96. The van der Waals surface area contributed by atoms with Crippen LogP contribution in [0, 0.1) is 0 Å². The van der Waals surface area contributed by atoms with Crippen molar-refractivity contribution in [3.63, 3.8) is 0 Å². The molecular formula is C23H30NO. The quantitative estimate of drug-likeness (QED) is 0.369. The van der Waals surface area contributed by atoms with Gasteiger partial charge < -0.3 is 4.74 Å². The van der Waals surface area contributed by atoms with Crippen LogP contribution in [0.3, 0.4) is 0 Å². The van der Waals surface area contributed by atoms with Crippen molar-refractivity contribution in [1.82, 2.24) is 5.32 Å². The van der Waals surface area contributed by atoms with Crippen molar-refractivity contribution in [1.29, 1.82) is 0 Å². The maximum absolute atomic E-state index is 6.06. The molecule has 0 aliphatic carbocycles. The molecule has 2 aromatic carbocycles. The van der Waals surface area contributed by atoms with Gasteiger partial charge in [0.1, 0.15) is 11.4 Å². The third-order valence-corrected chi connectivity index (χ3v) is 5.12. The minimum Gasteiger partial charge on any atom is -0.453 e. The second kappa shape index (κ2) is 8.94. The van der Waals surface area contributed by atoms with Crippen LogP contribution in [0.5, 0.6) is 11.5 Å². The van der Waals surface area contributed by atoms with Crippen LogP contribution in [0.2, 0.25) is 0 Å². The second-order valence-electron chi connectivity index (χ2n) is 7.19. The number of ether oxygens (including phenoxy) is 1. The van der Waals surface area contributed by atoms with E-state index in [0.29, 0.717) is 5.92 Å². The number of benzene rings is 2. The molecule has 0 saturated carbocycles. The molecule has 133 valence electrons. The molecule has 1 aliphatic heterocycles. The van der Waals surface area contributed by atoms with Crippen LogP contribution in [0.25, 0.3) is 0 Å². The summed E-state index contributed by atoms with van der Waals surface area (Å²) in [6.07, 6.45) is 10.7. The van der Waals surface area contributed by atoms with Gasteiger partial charge in [-0.05, 0) is 36.1 Å². The van der Waals surface area contributed by atoms with E-state index in [1.165, 1.54) is 56.9 Å². The van der Waals surface area contributed by atoms with Crippen LogP contribution in [-0.4, -0.2) is 0 Å². The Morgan fingerprint density at radius 2 is 1.56 bits per heavy atom. The lowest BCUT2D eigenvalue weighted by molar-refractivity contribution is 0.468. The van der Waals surface area contributed by atoms with E-state index in [0.717, 1.165) is 22.9 Å². The van der Waals surface area contributed by atoms with Crippen LogP contribution in [-0.2, 0) is 0 Å². The first-order chi connectivity index (χ1) is 12.3. The van der Waals surface area contributed by atoms with E-state index >= 15 is 0 Å². The van der Waals surface area contributed by atoms with Crippen molar-refractivity contribution in [3.8, 4) is 11.5 Å².